The van der Waals surface area contributed by atoms with Gasteiger partial charge in [0, 0.05) is 16.9 Å². The molecule has 5 heteroatoms. The standard InChI is InChI=1S/C13H13F3OS/c1-2-3-4-5-12(17)10-6-8-11(9-7-10)18-13(14,15)16/h2,6-9H,1,3-5H2. The van der Waals surface area contributed by atoms with E-state index < -0.39 is 5.51 Å². The number of ketones is 1. The highest BCUT2D eigenvalue weighted by Gasteiger charge is 2.29. The van der Waals surface area contributed by atoms with Crippen LogP contribution in [-0.4, -0.2) is 11.3 Å². The first kappa shape index (κ1) is 14.8. The van der Waals surface area contributed by atoms with Gasteiger partial charge < -0.3 is 0 Å². The van der Waals surface area contributed by atoms with Gasteiger partial charge in [0.2, 0.25) is 0 Å². The van der Waals surface area contributed by atoms with Crippen molar-refractivity contribution in [3.8, 4) is 0 Å². The molecule has 0 atom stereocenters. The van der Waals surface area contributed by atoms with Crippen LogP contribution in [0.25, 0.3) is 0 Å². The van der Waals surface area contributed by atoms with Gasteiger partial charge >= 0.3 is 5.51 Å². The van der Waals surface area contributed by atoms with Crippen LogP contribution in [-0.2, 0) is 0 Å². The molecule has 0 saturated carbocycles. The molecule has 0 saturated heterocycles. The third-order valence-electron chi connectivity index (χ3n) is 2.22. The van der Waals surface area contributed by atoms with Crippen molar-refractivity contribution in [2.24, 2.45) is 0 Å². The molecule has 0 fully saturated rings. The van der Waals surface area contributed by atoms with Gasteiger partial charge in [0.05, 0.1) is 0 Å². The predicted molar refractivity (Wildman–Crippen MR) is 66.7 cm³/mol. The van der Waals surface area contributed by atoms with E-state index in [1.807, 2.05) is 0 Å². The Morgan fingerprint density at radius 2 is 1.89 bits per heavy atom. The van der Waals surface area contributed by atoms with E-state index in [4.69, 9.17) is 0 Å². The molecular weight excluding hydrogens is 261 g/mol. The number of thioether (sulfide) groups is 1. The van der Waals surface area contributed by atoms with Crippen LogP contribution in [0.15, 0.2) is 41.8 Å². The molecule has 1 rings (SSSR count). The van der Waals surface area contributed by atoms with Crippen LogP contribution in [0, 0.1) is 0 Å². The Labute approximate surface area is 108 Å². The lowest BCUT2D eigenvalue weighted by Crippen LogP contribution is -2.00. The number of carbonyl (C=O) groups excluding carboxylic acids is 1. The van der Waals surface area contributed by atoms with Crippen molar-refractivity contribution in [3.63, 3.8) is 0 Å². The summed E-state index contributed by atoms with van der Waals surface area (Å²) in [6.45, 7) is 3.56. The Morgan fingerprint density at radius 3 is 2.39 bits per heavy atom. The topological polar surface area (TPSA) is 17.1 Å². The van der Waals surface area contributed by atoms with Gasteiger partial charge in [-0.2, -0.15) is 13.2 Å². The fourth-order valence-corrected chi connectivity index (χ4v) is 1.93. The highest BCUT2D eigenvalue weighted by atomic mass is 32.2. The average molecular weight is 274 g/mol. The highest BCUT2D eigenvalue weighted by molar-refractivity contribution is 8.00. The molecule has 0 aromatic heterocycles. The van der Waals surface area contributed by atoms with E-state index in [0.717, 1.165) is 6.42 Å². The lowest BCUT2D eigenvalue weighted by molar-refractivity contribution is -0.0328. The molecule has 0 aliphatic rings. The van der Waals surface area contributed by atoms with Crippen molar-refractivity contribution < 1.29 is 18.0 Å². The summed E-state index contributed by atoms with van der Waals surface area (Å²) in [5.41, 5.74) is -3.85. The van der Waals surface area contributed by atoms with Crippen molar-refractivity contribution in [2.75, 3.05) is 0 Å². The number of Topliss-reactive ketones (excluding diaryl/α,β-unsaturated/α-hetero) is 1. The summed E-state index contributed by atoms with van der Waals surface area (Å²) in [6, 6.07) is 5.51. The van der Waals surface area contributed by atoms with Gasteiger partial charge in [0.15, 0.2) is 5.78 Å². The first-order valence-corrected chi connectivity index (χ1v) is 6.24. The van der Waals surface area contributed by atoms with Crippen LogP contribution in [0.1, 0.15) is 29.6 Å². The molecule has 0 N–H and O–H groups in total. The minimum Gasteiger partial charge on any atom is -0.294 e. The number of unbranched alkanes of at least 4 members (excludes halogenated alkanes) is 1. The second kappa shape index (κ2) is 6.64. The number of hydrogen-bond donors (Lipinski definition) is 0. The van der Waals surface area contributed by atoms with Gasteiger partial charge in [0.25, 0.3) is 0 Å². The Kier molecular flexibility index (Phi) is 5.47. The van der Waals surface area contributed by atoms with Gasteiger partial charge in [-0.05, 0) is 36.7 Å². The van der Waals surface area contributed by atoms with Crippen LogP contribution in [0.5, 0.6) is 0 Å². The second-order valence-electron chi connectivity index (χ2n) is 3.68. The summed E-state index contributed by atoms with van der Waals surface area (Å²) in [6.07, 6.45) is 3.59. The lowest BCUT2D eigenvalue weighted by atomic mass is 10.1. The van der Waals surface area contributed by atoms with Crippen LogP contribution in [0.2, 0.25) is 0 Å². The van der Waals surface area contributed by atoms with Crippen molar-refractivity contribution in [3.05, 3.63) is 42.5 Å². The van der Waals surface area contributed by atoms with Crippen molar-refractivity contribution >= 4 is 17.5 Å². The third-order valence-corrected chi connectivity index (χ3v) is 2.96. The maximum atomic E-state index is 12.1. The maximum Gasteiger partial charge on any atom is 0.446 e. The maximum absolute atomic E-state index is 12.1. The smallest absolute Gasteiger partial charge is 0.294 e. The zero-order valence-corrected chi connectivity index (χ0v) is 10.5. The Morgan fingerprint density at radius 1 is 1.28 bits per heavy atom. The van der Waals surface area contributed by atoms with Gasteiger partial charge in [-0.3, -0.25) is 4.79 Å². The molecule has 1 aromatic rings. The van der Waals surface area contributed by atoms with Gasteiger partial charge in [-0.25, -0.2) is 0 Å². The first-order chi connectivity index (χ1) is 8.42. The number of rotatable bonds is 6. The Bertz CT molecular complexity index is 409. The number of alkyl halides is 3. The molecule has 0 radical (unpaired) electrons. The molecule has 0 unspecified atom stereocenters. The zero-order valence-electron chi connectivity index (χ0n) is 9.67. The SMILES string of the molecule is C=CCCCC(=O)c1ccc(SC(F)(F)F)cc1. The first-order valence-electron chi connectivity index (χ1n) is 5.42. The van der Waals surface area contributed by atoms with E-state index >= 15 is 0 Å². The summed E-state index contributed by atoms with van der Waals surface area (Å²) >= 11 is -0.182. The number of allylic oxidation sites excluding steroid dienone is 1. The number of benzene rings is 1. The molecule has 0 spiro atoms. The molecule has 1 nitrogen and oxygen atoms in total. The minimum absolute atomic E-state index is 0.0552. The van der Waals surface area contributed by atoms with E-state index in [2.05, 4.69) is 6.58 Å². The fraction of sp³-hybridized carbons (Fsp3) is 0.308. The van der Waals surface area contributed by atoms with Crippen LogP contribution in [0.3, 0.4) is 0 Å². The Hall–Kier alpha value is -1.23. The molecule has 98 valence electrons. The van der Waals surface area contributed by atoms with Crippen molar-refractivity contribution in [1.82, 2.24) is 0 Å². The summed E-state index contributed by atoms with van der Waals surface area (Å²) in [4.78, 5) is 11.7. The number of halogens is 3. The average Bonchev–Trinajstić information content (AvgIpc) is 2.28. The summed E-state index contributed by atoms with van der Waals surface area (Å²) in [5.74, 6) is -0.0552. The number of hydrogen-bond acceptors (Lipinski definition) is 2. The van der Waals surface area contributed by atoms with Crippen LogP contribution < -0.4 is 0 Å². The van der Waals surface area contributed by atoms with Gasteiger partial charge in [-0.15, -0.1) is 6.58 Å². The normalized spacial score (nSPS) is 11.3. The van der Waals surface area contributed by atoms with Gasteiger partial charge in [0.1, 0.15) is 0 Å². The molecular formula is C13H13F3OS. The quantitative estimate of drug-likeness (QED) is 0.319. The molecule has 0 aliphatic carbocycles. The summed E-state index contributed by atoms with van der Waals surface area (Å²) < 4.78 is 36.3. The van der Waals surface area contributed by atoms with Crippen molar-refractivity contribution in [1.29, 1.82) is 0 Å². The molecule has 0 bridgehead atoms. The van der Waals surface area contributed by atoms with Crippen LogP contribution >= 0.6 is 11.8 Å². The molecule has 1 aromatic carbocycles. The molecule has 0 aliphatic heterocycles. The van der Waals surface area contributed by atoms with Crippen LogP contribution in [0.4, 0.5) is 13.2 Å². The number of carbonyl (C=O) groups is 1. The highest BCUT2D eigenvalue weighted by Crippen LogP contribution is 2.36. The van der Waals surface area contributed by atoms with E-state index in [1.165, 1.54) is 24.3 Å². The Balaban J connectivity index is 2.59. The summed E-state index contributed by atoms with van der Waals surface area (Å²) in [5, 5.41) is 0. The monoisotopic (exact) mass is 274 g/mol. The van der Waals surface area contributed by atoms with Gasteiger partial charge in [-0.1, -0.05) is 18.2 Å². The van der Waals surface area contributed by atoms with Crippen molar-refractivity contribution in [2.45, 2.75) is 29.7 Å². The minimum atomic E-state index is -4.30. The van der Waals surface area contributed by atoms with E-state index in [1.54, 1.807) is 6.08 Å². The summed E-state index contributed by atoms with van der Waals surface area (Å²) in [7, 11) is 0. The van der Waals surface area contributed by atoms with E-state index in [-0.39, 0.29) is 22.4 Å². The lowest BCUT2D eigenvalue weighted by Gasteiger charge is -2.06. The largest absolute Gasteiger partial charge is 0.446 e. The fourth-order valence-electron chi connectivity index (χ4n) is 1.39. The van der Waals surface area contributed by atoms with E-state index in [9.17, 15) is 18.0 Å². The second-order valence-corrected chi connectivity index (χ2v) is 4.81. The molecule has 0 amide bonds. The predicted octanol–water partition coefficient (Wildman–Crippen LogP) is 4.84. The third kappa shape index (κ3) is 5.40. The molecule has 0 heterocycles. The zero-order chi connectivity index (χ0) is 13.6. The van der Waals surface area contributed by atoms with E-state index in [0.29, 0.717) is 18.4 Å². The molecule has 18 heavy (non-hydrogen) atoms.